The van der Waals surface area contributed by atoms with Crippen LogP contribution in [0.15, 0.2) is 65.6 Å². The molecule has 0 atom stereocenters. The van der Waals surface area contributed by atoms with Crippen molar-refractivity contribution in [1.29, 1.82) is 0 Å². The third-order valence-corrected chi connectivity index (χ3v) is 5.57. The molecule has 7 heteroatoms. The van der Waals surface area contributed by atoms with Gasteiger partial charge < -0.3 is 9.30 Å². The van der Waals surface area contributed by atoms with Crippen molar-refractivity contribution in [2.45, 2.75) is 17.7 Å². The van der Waals surface area contributed by atoms with E-state index >= 15 is 0 Å². The highest BCUT2D eigenvalue weighted by atomic mass is 32.2. The lowest BCUT2D eigenvalue weighted by Gasteiger charge is -2.14. The Morgan fingerprint density at radius 3 is 2.21 bits per heavy atom. The van der Waals surface area contributed by atoms with Crippen LogP contribution in [0.2, 0.25) is 0 Å². The van der Waals surface area contributed by atoms with Crippen molar-refractivity contribution in [3.8, 4) is 16.9 Å². The van der Waals surface area contributed by atoms with Gasteiger partial charge in [0.25, 0.3) is 0 Å². The van der Waals surface area contributed by atoms with E-state index in [2.05, 4.69) is 0 Å². The van der Waals surface area contributed by atoms with Crippen molar-refractivity contribution in [2.24, 2.45) is 0 Å². The number of carbonyl (C=O) groups is 1. The molecule has 0 saturated carbocycles. The number of methoxy groups -OCH3 is 1. The number of aryl methyl sites for hydroxylation is 1. The Morgan fingerprint density at radius 2 is 1.64 bits per heavy atom. The van der Waals surface area contributed by atoms with E-state index in [0.717, 1.165) is 28.9 Å². The standard InChI is InChI=1S/C21H20FNO4S/c1-27-21(24)14-10-18-9-13-20(15-3-5-16(22)6-4-15)23(18)17-7-11-19(12-8-17)28(2,25)26/h3-9,11-13H,10,14H2,1-2H3. The molecule has 0 aliphatic carbocycles. The first-order valence-electron chi connectivity index (χ1n) is 8.63. The van der Waals surface area contributed by atoms with Crippen LogP contribution in [0.1, 0.15) is 12.1 Å². The second-order valence-corrected chi connectivity index (χ2v) is 8.41. The Labute approximate surface area is 163 Å². The van der Waals surface area contributed by atoms with Gasteiger partial charge in [-0.25, -0.2) is 12.8 Å². The van der Waals surface area contributed by atoms with Gasteiger partial charge in [0.15, 0.2) is 9.84 Å². The third kappa shape index (κ3) is 4.31. The molecule has 0 unspecified atom stereocenters. The molecule has 5 nitrogen and oxygen atoms in total. The van der Waals surface area contributed by atoms with E-state index < -0.39 is 9.84 Å². The van der Waals surface area contributed by atoms with Crippen LogP contribution in [0.3, 0.4) is 0 Å². The Morgan fingerprint density at radius 1 is 1.00 bits per heavy atom. The van der Waals surface area contributed by atoms with E-state index in [1.807, 2.05) is 16.7 Å². The first-order valence-corrected chi connectivity index (χ1v) is 10.5. The molecule has 0 spiro atoms. The van der Waals surface area contributed by atoms with Gasteiger partial charge in [0, 0.05) is 17.6 Å². The van der Waals surface area contributed by atoms with Crippen LogP contribution in [0.4, 0.5) is 4.39 Å². The summed E-state index contributed by atoms with van der Waals surface area (Å²) in [6.07, 6.45) is 1.82. The maximum Gasteiger partial charge on any atom is 0.305 e. The first-order chi connectivity index (χ1) is 13.3. The number of benzene rings is 2. The van der Waals surface area contributed by atoms with E-state index in [1.165, 1.54) is 19.2 Å². The van der Waals surface area contributed by atoms with Crippen molar-refractivity contribution < 1.29 is 22.3 Å². The number of hydrogen-bond acceptors (Lipinski definition) is 4. The second kappa shape index (κ2) is 7.98. The number of carbonyl (C=O) groups excluding carboxylic acids is 1. The van der Waals surface area contributed by atoms with Crippen molar-refractivity contribution in [2.75, 3.05) is 13.4 Å². The Balaban J connectivity index is 2.08. The number of aromatic nitrogens is 1. The molecule has 0 amide bonds. The maximum absolute atomic E-state index is 13.3. The zero-order valence-electron chi connectivity index (χ0n) is 15.6. The van der Waals surface area contributed by atoms with Gasteiger partial charge >= 0.3 is 5.97 Å². The number of sulfone groups is 1. The summed E-state index contributed by atoms with van der Waals surface area (Å²) in [4.78, 5) is 11.8. The second-order valence-electron chi connectivity index (χ2n) is 6.39. The van der Waals surface area contributed by atoms with Gasteiger partial charge in [0.1, 0.15) is 5.82 Å². The molecule has 0 fully saturated rings. The largest absolute Gasteiger partial charge is 0.469 e. The quantitative estimate of drug-likeness (QED) is 0.590. The van der Waals surface area contributed by atoms with Crippen LogP contribution in [0.5, 0.6) is 0 Å². The Kier molecular flexibility index (Phi) is 5.65. The predicted molar refractivity (Wildman–Crippen MR) is 105 cm³/mol. The van der Waals surface area contributed by atoms with Gasteiger partial charge in [-0.05, 0) is 72.6 Å². The highest BCUT2D eigenvalue weighted by Crippen LogP contribution is 2.28. The minimum absolute atomic E-state index is 0.213. The number of ether oxygens (including phenoxy) is 1. The number of hydrogen-bond donors (Lipinski definition) is 0. The molecule has 3 rings (SSSR count). The van der Waals surface area contributed by atoms with Gasteiger partial charge in [0.05, 0.1) is 24.1 Å². The zero-order valence-corrected chi connectivity index (χ0v) is 16.4. The SMILES string of the molecule is COC(=O)CCc1ccc(-c2ccc(F)cc2)n1-c1ccc(S(C)(=O)=O)cc1. The molecule has 2 aromatic carbocycles. The summed E-state index contributed by atoms with van der Waals surface area (Å²) in [5.41, 5.74) is 3.22. The summed E-state index contributed by atoms with van der Waals surface area (Å²) in [5, 5.41) is 0. The molecular formula is C21H20FNO4S. The number of halogens is 1. The van der Waals surface area contributed by atoms with Gasteiger partial charge in [-0.2, -0.15) is 0 Å². The number of nitrogens with zero attached hydrogens (tertiary/aromatic N) is 1. The maximum atomic E-state index is 13.3. The van der Waals surface area contributed by atoms with E-state index in [0.29, 0.717) is 6.42 Å². The van der Waals surface area contributed by atoms with Gasteiger partial charge in [-0.3, -0.25) is 4.79 Å². The fourth-order valence-corrected chi connectivity index (χ4v) is 3.63. The molecule has 146 valence electrons. The third-order valence-electron chi connectivity index (χ3n) is 4.44. The molecule has 0 aliphatic heterocycles. The lowest BCUT2D eigenvalue weighted by Crippen LogP contribution is -2.07. The van der Waals surface area contributed by atoms with Crippen LogP contribution < -0.4 is 0 Å². The fourth-order valence-electron chi connectivity index (χ4n) is 3.00. The number of esters is 1. The zero-order chi connectivity index (χ0) is 20.3. The molecule has 1 heterocycles. The van der Waals surface area contributed by atoms with Crippen molar-refractivity contribution >= 4 is 15.8 Å². The van der Waals surface area contributed by atoms with Crippen LogP contribution in [0.25, 0.3) is 16.9 Å². The molecule has 28 heavy (non-hydrogen) atoms. The molecule has 1 aromatic heterocycles. The minimum atomic E-state index is -3.30. The topological polar surface area (TPSA) is 65.4 Å². The molecule has 0 N–H and O–H groups in total. The average Bonchev–Trinajstić information content (AvgIpc) is 3.10. The highest BCUT2D eigenvalue weighted by molar-refractivity contribution is 7.90. The summed E-state index contributed by atoms with van der Waals surface area (Å²) in [6.45, 7) is 0. The van der Waals surface area contributed by atoms with E-state index in [-0.39, 0.29) is 23.1 Å². The molecular weight excluding hydrogens is 381 g/mol. The number of rotatable bonds is 6. The van der Waals surface area contributed by atoms with Crippen LogP contribution >= 0.6 is 0 Å². The smallest absolute Gasteiger partial charge is 0.305 e. The fraction of sp³-hybridized carbons (Fsp3) is 0.190. The molecule has 3 aromatic rings. The van der Waals surface area contributed by atoms with Gasteiger partial charge in [0.2, 0.25) is 0 Å². The summed E-state index contributed by atoms with van der Waals surface area (Å²) in [5.74, 6) is -0.645. The highest BCUT2D eigenvalue weighted by Gasteiger charge is 2.15. The molecule has 0 radical (unpaired) electrons. The minimum Gasteiger partial charge on any atom is -0.469 e. The molecule has 0 aliphatic rings. The van der Waals surface area contributed by atoms with Crippen molar-refractivity contribution in [3.63, 3.8) is 0 Å². The summed E-state index contributed by atoms with van der Waals surface area (Å²) < 4.78 is 43.4. The van der Waals surface area contributed by atoms with Crippen LogP contribution in [-0.2, 0) is 25.8 Å². The van der Waals surface area contributed by atoms with Crippen molar-refractivity contribution in [3.05, 3.63) is 72.2 Å². The molecule has 0 saturated heterocycles. The van der Waals surface area contributed by atoms with E-state index in [9.17, 15) is 17.6 Å². The van der Waals surface area contributed by atoms with E-state index in [1.54, 1.807) is 36.4 Å². The summed E-state index contributed by atoms with van der Waals surface area (Å²) >= 11 is 0. The first kappa shape index (κ1) is 19.8. The summed E-state index contributed by atoms with van der Waals surface area (Å²) in [6, 6.07) is 16.4. The van der Waals surface area contributed by atoms with Gasteiger partial charge in [-0.1, -0.05) is 0 Å². The van der Waals surface area contributed by atoms with Crippen LogP contribution in [0, 0.1) is 5.82 Å². The van der Waals surface area contributed by atoms with Crippen LogP contribution in [-0.4, -0.2) is 32.3 Å². The summed E-state index contributed by atoms with van der Waals surface area (Å²) in [7, 11) is -1.96. The van der Waals surface area contributed by atoms with Gasteiger partial charge in [-0.15, -0.1) is 0 Å². The Hall–Kier alpha value is -2.93. The molecule has 0 bridgehead atoms. The van der Waals surface area contributed by atoms with Crippen molar-refractivity contribution in [1.82, 2.24) is 4.57 Å². The normalized spacial score (nSPS) is 11.4. The monoisotopic (exact) mass is 401 g/mol. The predicted octanol–water partition coefficient (Wildman–Crippen LogP) is 3.79. The average molecular weight is 401 g/mol. The Bertz CT molecular complexity index is 1080. The van der Waals surface area contributed by atoms with E-state index in [4.69, 9.17) is 4.74 Å². The lowest BCUT2D eigenvalue weighted by molar-refractivity contribution is -0.140. The lowest BCUT2D eigenvalue weighted by atomic mass is 10.1.